The van der Waals surface area contributed by atoms with E-state index < -0.39 is 10.0 Å². The minimum Gasteiger partial charge on any atom is -0.452 e. The number of rotatable bonds is 5. The van der Waals surface area contributed by atoms with Crippen molar-refractivity contribution in [2.75, 3.05) is 0 Å². The molecule has 1 unspecified atom stereocenters. The SMILES string of the molecule is CC(NS(=O)(=O)c1cc(CN)oc1Br)c1ccncc1. The van der Waals surface area contributed by atoms with Gasteiger partial charge in [-0.3, -0.25) is 4.98 Å². The first-order chi connectivity index (χ1) is 9.44. The fraction of sp³-hybridized carbons (Fsp3) is 0.250. The predicted molar refractivity (Wildman–Crippen MR) is 77.3 cm³/mol. The third-order valence-electron chi connectivity index (χ3n) is 2.74. The second-order valence-electron chi connectivity index (χ2n) is 4.18. The maximum absolute atomic E-state index is 12.3. The Morgan fingerprint density at radius 3 is 2.65 bits per heavy atom. The number of hydrogen-bond acceptors (Lipinski definition) is 5. The molecule has 0 saturated heterocycles. The number of hydrogen-bond donors (Lipinski definition) is 2. The van der Waals surface area contributed by atoms with E-state index in [4.69, 9.17) is 10.2 Å². The van der Waals surface area contributed by atoms with Gasteiger partial charge in [0, 0.05) is 24.5 Å². The van der Waals surface area contributed by atoms with E-state index in [1.165, 1.54) is 6.07 Å². The van der Waals surface area contributed by atoms with Gasteiger partial charge in [-0.1, -0.05) is 0 Å². The molecule has 6 nitrogen and oxygen atoms in total. The molecule has 1 atom stereocenters. The lowest BCUT2D eigenvalue weighted by molar-refractivity contribution is 0.483. The lowest BCUT2D eigenvalue weighted by Crippen LogP contribution is -2.26. The van der Waals surface area contributed by atoms with E-state index in [9.17, 15) is 8.42 Å². The van der Waals surface area contributed by atoms with E-state index in [1.807, 2.05) is 0 Å². The fourth-order valence-electron chi connectivity index (χ4n) is 1.70. The summed E-state index contributed by atoms with van der Waals surface area (Å²) < 4.78 is 32.5. The van der Waals surface area contributed by atoms with Crippen LogP contribution in [0, 0.1) is 0 Å². The molecule has 2 heterocycles. The molecule has 20 heavy (non-hydrogen) atoms. The maximum Gasteiger partial charge on any atom is 0.245 e. The molecule has 8 heteroatoms. The molecule has 0 spiro atoms. The van der Waals surface area contributed by atoms with E-state index in [-0.39, 0.29) is 22.2 Å². The minimum absolute atomic E-state index is 0.0406. The molecular formula is C12H14BrN3O3S. The van der Waals surface area contributed by atoms with Crippen LogP contribution in [0.5, 0.6) is 0 Å². The monoisotopic (exact) mass is 359 g/mol. The number of aromatic nitrogens is 1. The van der Waals surface area contributed by atoms with Gasteiger partial charge >= 0.3 is 0 Å². The van der Waals surface area contributed by atoms with Crippen molar-refractivity contribution in [3.63, 3.8) is 0 Å². The Labute approximate surface area is 125 Å². The Bertz CT molecular complexity index is 685. The Balaban J connectivity index is 2.25. The van der Waals surface area contributed by atoms with Gasteiger partial charge in [0.05, 0.1) is 6.54 Å². The highest BCUT2D eigenvalue weighted by atomic mass is 79.9. The van der Waals surface area contributed by atoms with E-state index in [0.717, 1.165) is 5.56 Å². The van der Waals surface area contributed by atoms with Gasteiger partial charge in [-0.15, -0.1) is 0 Å². The summed E-state index contributed by atoms with van der Waals surface area (Å²) in [5.41, 5.74) is 6.25. The molecule has 2 aromatic heterocycles. The van der Waals surface area contributed by atoms with Crippen LogP contribution in [0.4, 0.5) is 0 Å². The van der Waals surface area contributed by atoms with Crippen molar-refractivity contribution in [1.82, 2.24) is 9.71 Å². The van der Waals surface area contributed by atoms with E-state index in [1.54, 1.807) is 31.5 Å². The van der Waals surface area contributed by atoms with Gasteiger partial charge in [0.2, 0.25) is 10.0 Å². The quantitative estimate of drug-likeness (QED) is 0.849. The second kappa shape index (κ2) is 6.04. The molecule has 0 radical (unpaired) electrons. The summed E-state index contributed by atoms with van der Waals surface area (Å²) in [6.07, 6.45) is 3.22. The Kier molecular flexibility index (Phi) is 4.59. The van der Waals surface area contributed by atoms with Gasteiger partial charge in [0.15, 0.2) is 4.67 Å². The van der Waals surface area contributed by atoms with Crippen LogP contribution >= 0.6 is 15.9 Å². The first kappa shape index (κ1) is 15.2. The summed E-state index contributed by atoms with van der Waals surface area (Å²) in [7, 11) is -3.69. The molecule has 0 saturated carbocycles. The number of pyridine rings is 1. The van der Waals surface area contributed by atoms with Gasteiger partial charge in [-0.2, -0.15) is 0 Å². The molecule has 108 valence electrons. The van der Waals surface area contributed by atoms with Crippen molar-refractivity contribution >= 4 is 26.0 Å². The zero-order valence-corrected chi connectivity index (χ0v) is 13.1. The molecular weight excluding hydrogens is 346 g/mol. The zero-order chi connectivity index (χ0) is 14.8. The molecule has 0 aliphatic rings. The highest BCUT2D eigenvalue weighted by Gasteiger charge is 2.24. The molecule has 0 aliphatic heterocycles. The normalized spacial score (nSPS) is 13.3. The first-order valence-electron chi connectivity index (χ1n) is 5.84. The Hall–Kier alpha value is -1.22. The zero-order valence-electron chi connectivity index (χ0n) is 10.7. The maximum atomic E-state index is 12.3. The number of sulfonamides is 1. The molecule has 0 aliphatic carbocycles. The second-order valence-corrected chi connectivity index (χ2v) is 6.58. The van der Waals surface area contributed by atoms with E-state index in [2.05, 4.69) is 25.6 Å². The summed E-state index contributed by atoms with van der Waals surface area (Å²) in [5.74, 6) is 0.397. The largest absolute Gasteiger partial charge is 0.452 e. The van der Waals surface area contributed by atoms with Crippen LogP contribution < -0.4 is 10.5 Å². The number of nitrogens with one attached hydrogen (secondary N) is 1. The van der Waals surface area contributed by atoms with Crippen molar-refractivity contribution in [3.05, 3.63) is 46.6 Å². The summed E-state index contributed by atoms with van der Waals surface area (Å²) >= 11 is 3.09. The number of furan rings is 1. The molecule has 0 amide bonds. The predicted octanol–water partition coefficient (Wildman–Crippen LogP) is 1.94. The van der Waals surface area contributed by atoms with Crippen LogP contribution in [0.15, 0.2) is 44.6 Å². The topological polar surface area (TPSA) is 98.2 Å². The van der Waals surface area contributed by atoms with Gasteiger partial charge < -0.3 is 10.2 Å². The summed E-state index contributed by atoms with van der Waals surface area (Å²) in [6.45, 7) is 1.89. The van der Waals surface area contributed by atoms with Crippen LogP contribution in [0.3, 0.4) is 0 Å². The van der Waals surface area contributed by atoms with Crippen LogP contribution in [-0.2, 0) is 16.6 Å². The lowest BCUT2D eigenvalue weighted by atomic mass is 10.1. The molecule has 0 aromatic carbocycles. The van der Waals surface area contributed by atoms with Crippen LogP contribution in [0.25, 0.3) is 0 Å². The Morgan fingerprint density at radius 1 is 1.45 bits per heavy atom. The van der Waals surface area contributed by atoms with Crippen molar-refractivity contribution in [2.45, 2.75) is 24.4 Å². The van der Waals surface area contributed by atoms with Gasteiger partial charge in [-0.05, 0) is 40.5 Å². The molecule has 3 N–H and O–H groups in total. The van der Waals surface area contributed by atoms with Crippen LogP contribution in [-0.4, -0.2) is 13.4 Å². The first-order valence-corrected chi connectivity index (χ1v) is 8.12. The number of nitrogens with zero attached hydrogens (tertiary/aromatic N) is 1. The third kappa shape index (κ3) is 3.26. The number of halogens is 1. The fourth-order valence-corrected chi connectivity index (χ4v) is 3.93. The minimum atomic E-state index is -3.69. The van der Waals surface area contributed by atoms with Gasteiger partial charge in [-0.25, -0.2) is 13.1 Å². The van der Waals surface area contributed by atoms with E-state index in [0.29, 0.717) is 5.76 Å². The van der Waals surface area contributed by atoms with Crippen molar-refractivity contribution in [3.8, 4) is 0 Å². The summed E-state index contributed by atoms with van der Waals surface area (Å²) in [5, 5.41) is 0. The lowest BCUT2D eigenvalue weighted by Gasteiger charge is -2.13. The number of nitrogens with two attached hydrogens (primary N) is 1. The van der Waals surface area contributed by atoms with Crippen LogP contribution in [0.2, 0.25) is 0 Å². The smallest absolute Gasteiger partial charge is 0.245 e. The van der Waals surface area contributed by atoms with Crippen molar-refractivity contribution < 1.29 is 12.8 Å². The standard InChI is InChI=1S/C12H14BrN3O3S/c1-8(9-2-4-15-5-3-9)16-20(17,18)11-6-10(7-14)19-12(11)13/h2-6,8,16H,7,14H2,1H3. The van der Waals surface area contributed by atoms with E-state index >= 15 is 0 Å². The molecule has 2 rings (SSSR count). The average molecular weight is 360 g/mol. The van der Waals surface area contributed by atoms with Crippen molar-refractivity contribution in [1.29, 1.82) is 0 Å². The van der Waals surface area contributed by atoms with Gasteiger partial charge in [0.1, 0.15) is 10.7 Å². The third-order valence-corrected chi connectivity index (χ3v) is 5.13. The van der Waals surface area contributed by atoms with Crippen LogP contribution in [0.1, 0.15) is 24.3 Å². The van der Waals surface area contributed by atoms with Crippen molar-refractivity contribution in [2.24, 2.45) is 5.73 Å². The molecule has 2 aromatic rings. The highest BCUT2D eigenvalue weighted by Crippen LogP contribution is 2.27. The summed E-state index contributed by atoms with van der Waals surface area (Å²) in [6, 6.07) is 4.53. The Morgan fingerprint density at radius 2 is 2.10 bits per heavy atom. The average Bonchev–Trinajstić information content (AvgIpc) is 2.81. The molecule has 0 bridgehead atoms. The molecule has 0 fully saturated rings. The summed E-state index contributed by atoms with van der Waals surface area (Å²) in [4.78, 5) is 3.94. The van der Waals surface area contributed by atoms with Gasteiger partial charge in [0.25, 0.3) is 0 Å². The highest BCUT2D eigenvalue weighted by molar-refractivity contribution is 9.10.